The van der Waals surface area contributed by atoms with E-state index in [1.807, 2.05) is 12.1 Å². The molecule has 0 aliphatic carbocycles. The van der Waals surface area contributed by atoms with Gasteiger partial charge in [-0.25, -0.2) is 0 Å². The van der Waals surface area contributed by atoms with Gasteiger partial charge in [0.15, 0.2) is 10.2 Å². The summed E-state index contributed by atoms with van der Waals surface area (Å²) in [6.45, 7) is 0. The van der Waals surface area contributed by atoms with Crippen LogP contribution >= 0.6 is 12.2 Å². The van der Waals surface area contributed by atoms with Crippen molar-refractivity contribution in [3.05, 3.63) is 92.3 Å². The van der Waals surface area contributed by atoms with Gasteiger partial charge in [-0.05, 0) is 30.4 Å². The lowest BCUT2D eigenvalue weighted by molar-refractivity contribution is -0.120. The number of fused-ring (bicyclic) bond motifs is 4. The van der Waals surface area contributed by atoms with E-state index in [-0.39, 0.29) is 27.7 Å². The van der Waals surface area contributed by atoms with Crippen LogP contribution in [0.25, 0.3) is 0 Å². The van der Waals surface area contributed by atoms with Gasteiger partial charge in [0.25, 0.3) is 11.5 Å². The molecular weight excluding hydrogens is 402 g/mol. The Kier molecular flexibility index (Phi) is 3.68. The SMILES string of the molecule is N#CC1=C(N)Oc2[nH]c(=S)[nH]c(=O)c2C12C(=O)N(c1ccccc1)c1ccccc12. The molecule has 2 aromatic carbocycles. The largest absolute Gasteiger partial charge is 0.424 e. The Hall–Kier alpha value is -4.16. The molecule has 4 N–H and O–H groups in total. The van der Waals surface area contributed by atoms with E-state index in [0.717, 1.165) is 0 Å². The predicted molar refractivity (Wildman–Crippen MR) is 111 cm³/mol. The summed E-state index contributed by atoms with van der Waals surface area (Å²) in [5.74, 6) is -0.826. The summed E-state index contributed by atoms with van der Waals surface area (Å²) in [6, 6.07) is 18.0. The Labute approximate surface area is 174 Å². The molecule has 1 unspecified atom stereocenters. The number of para-hydroxylation sites is 2. The van der Waals surface area contributed by atoms with Crippen molar-refractivity contribution in [3.8, 4) is 11.9 Å². The number of nitrogens with zero attached hydrogens (tertiary/aromatic N) is 2. The Morgan fingerprint density at radius 2 is 1.77 bits per heavy atom. The highest BCUT2D eigenvalue weighted by molar-refractivity contribution is 7.71. The summed E-state index contributed by atoms with van der Waals surface area (Å²) in [7, 11) is 0. The van der Waals surface area contributed by atoms with Crippen molar-refractivity contribution in [2.45, 2.75) is 5.41 Å². The number of ether oxygens (including phenoxy) is 1. The normalized spacial score (nSPS) is 19.3. The molecule has 2 aliphatic rings. The first-order valence-electron chi connectivity index (χ1n) is 8.94. The van der Waals surface area contributed by atoms with Gasteiger partial charge < -0.3 is 15.5 Å². The van der Waals surface area contributed by atoms with Crippen LogP contribution in [0.2, 0.25) is 0 Å². The summed E-state index contributed by atoms with van der Waals surface area (Å²) < 4.78 is 5.52. The van der Waals surface area contributed by atoms with Crippen molar-refractivity contribution in [2.24, 2.45) is 5.73 Å². The van der Waals surface area contributed by atoms with E-state index in [9.17, 15) is 14.9 Å². The standard InChI is InChI=1S/C21H13N5O3S/c22-10-13-16(23)29-18-15(17(27)24-20(30)25-18)21(13)12-8-4-5-9-14(12)26(19(21)28)11-6-2-1-3-7-11/h1-9H,23H2,(H2,24,25,27,30). The molecular formula is C21H13N5O3S. The first-order chi connectivity index (χ1) is 14.5. The first kappa shape index (κ1) is 17.9. The molecule has 0 radical (unpaired) electrons. The fourth-order valence-electron chi connectivity index (χ4n) is 4.19. The van der Waals surface area contributed by atoms with Crippen LogP contribution in [0.1, 0.15) is 11.1 Å². The third-order valence-electron chi connectivity index (χ3n) is 5.32. The summed E-state index contributed by atoms with van der Waals surface area (Å²) in [4.78, 5) is 33.9. The number of aromatic nitrogens is 2. The average Bonchev–Trinajstić information content (AvgIpc) is 2.97. The number of nitriles is 1. The highest BCUT2D eigenvalue weighted by Gasteiger charge is 2.61. The number of H-pyrrole nitrogens is 2. The van der Waals surface area contributed by atoms with Gasteiger partial charge in [-0.2, -0.15) is 5.26 Å². The van der Waals surface area contributed by atoms with Gasteiger partial charge in [0.1, 0.15) is 17.2 Å². The molecule has 1 aromatic heterocycles. The molecule has 0 saturated carbocycles. The number of nitrogens with two attached hydrogens (primary N) is 1. The highest BCUT2D eigenvalue weighted by Crippen LogP contribution is 2.55. The number of benzene rings is 2. The molecule has 1 spiro atoms. The smallest absolute Gasteiger partial charge is 0.260 e. The minimum Gasteiger partial charge on any atom is -0.424 e. The van der Waals surface area contributed by atoms with Gasteiger partial charge in [0, 0.05) is 11.3 Å². The van der Waals surface area contributed by atoms with E-state index in [1.54, 1.807) is 48.5 Å². The molecule has 3 aromatic rings. The molecule has 146 valence electrons. The van der Waals surface area contributed by atoms with E-state index < -0.39 is 16.9 Å². The number of aromatic amines is 2. The third kappa shape index (κ3) is 2.11. The van der Waals surface area contributed by atoms with Crippen LogP contribution < -0.4 is 20.9 Å². The molecule has 0 bridgehead atoms. The summed E-state index contributed by atoms with van der Waals surface area (Å²) in [5, 5.41) is 9.98. The molecule has 0 fully saturated rings. The Morgan fingerprint density at radius 3 is 2.50 bits per heavy atom. The molecule has 8 nitrogen and oxygen atoms in total. The van der Waals surface area contributed by atoms with E-state index >= 15 is 0 Å². The van der Waals surface area contributed by atoms with Crippen molar-refractivity contribution in [1.82, 2.24) is 9.97 Å². The molecule has 3 heterocycles. The molecule has 30 heavy (non-hydrogen) atoms. The first-order valence-corrected chi connectivity index (χ1v) is 9.35. The van der Waals surface area contributed by atoms with Crippen LogP contribution in [-0.4, -0.2) is 15.9 Å². The average molecular weight is 415 g/mol. The summed E-state index contributed by atoms with van der Waals surface area (Å²) in [6.07, 6.45) is 0. The van der Waals surface area contributed by atoms with Crippen molar-refractivity contribution in [1.29, 1.82) is 5.26 Å². The molecule has 9 heteroatoms. The number of carbonyl (C=O) groups excluding carboxylic acids is 1. The lowest BCUT2D eigenvalue weighted by atomic mass is 9.69. The Balaban J connectivity index is 1.96. The van der Waals surface area contributed by atoms with Crippen molar-refractivity contribution < 1.29 is 9.53 Å². The zero-order chi connectivity index (χ0) is 21.0. The minimum atomic E-state index is -1.77. The van der Waals surface area contributed by atoms with Crippen LogP contribution in [0, 0.1) is 16.1 Å². The van der Waals surface area contributed by atoms with Crippen LogP contribution in [0.5, 0.6) is 5.88 Å². The quantitative estimate of drug-likeness (QED) is 0.524. The second-order valence-corrected chi connectivity index (χ2v) is 7.22. The monoisotopic (exact) mass is 415 g/mol. The molecule has 1 amide bonds. The number of hydrogen-bond acceptors (Lipinski definition) is 6. The van der Waals surface area contributed by atoms with Crippen molar-refractivity contribution in [3.63, 3.8) is 0 Å². The fraction of sp³-hybridized carbons (Fsp3) is 0.0476. The van der Waals surface area contributed by atoms with Gasteiger partial charge in [-0.1, -0.05) is 36.4 Å². The van der Waals surface area contributed by atoms with Gasteiger partial charge >= 0.3 is 0 Å². The van der Waals surface area contributed by atoms with E-state index in [4.69, 9.17) is 22.7 Å². The number of anilines is 2. The maximum Gasteiger partial charge on any atom is 0.260 e. The van der Waals surface area contributed by atoms with Crippen LogP contribution in [0.3, 0.4) is 0 Å². The van der Waals surface area contributed by atoms with Gasteiger partial charge in [-0.15, -0.1) is 0 Å². The predicted octanol–water partition coefficient (Wildman–Crippen LogP) is 2.48. The Bertz CT molecular complexity index is 1420. The van der Waals surface area contributed by atoms with Crippen molar-refractivity contribution in [2.75, 3.05) is 4.90 Å². The Morgan fingerprint density at radius 1 is 1.07 bits per heavy atom. The maximum atomic E-state index is 14.1. The fourth-order valence-corrected chi connectivity index (χ4v) is 4.37. The number of rotatable bonds is 1. The number of nitrogens with one attached hydrogen (secondary N) is 2. The second kappa shape index (κ2) is 6.17. The lowest BCUT2D eigenvalue weighted by Gasteiger charge is -2.33. The topological polar surface area (TPSA) is 128 Å². The second-order valence-electron chi connectivity index (χ2n) is 6.81. The molecule has 1 atom stereocenters. The molecule has 5 rings (SSSR count). The zero-order valence-corrected chi connectivity index (χ0v) is 16.1. The van der Waals surface area contributed by atoms with Crippen LogP contribution in [0.15, 0.2) is 70.8 Å². The summed E-state index contributed by atoms with van der Waals surface area (Å²) in [5.41, 5.74) is 5.04. The van der Waals surface area contributed by atoms with Crippen LogP contribution in [-0.2, 0) is 10.2 Å². The van der Waals surface area contributed by atoms with Gasteiger partial charge in [0.05, 0.1) is 5.69 Å². The van der Waals surface area contributed by atoms with Gasteiger partial charge in [0.2, 0.25) is 11.8 Å². The lowest BCUT2D eigenvalue weighted by Crippen LogP contribution is -2.48. The minimum absolute atomic E-state index is 0.0146. The van der Waals surface area contributed by atoms with E-state index in [1.165, 1.54) is 4.90 Å². The summed E-state index contributed by atoms with van der Waals surface area (Å²) >= 11 is 5.04. The van der Waals surface area contributed by atoms with E-state index in [0.29, 0.717) is 16.9 Å². The highest BCUT2D eigenvalue weighted by atomic mass is 32.1. The van der Waals surface area contributed by atoms with Gasteiger partial charge in [-0.3, -0.25) is 19.5 Å². The molecule has 2 aliphatic heterocycles. The maximum absolute atomic E-state index is 14.1. The number of amides is 1. The zero-order valence-electron chi connectivity index (χ0n) is 15.3. The van der Waals surface area contributed by atoms with Crippen LogP contribution in [0.4, 0.5) is 11.4 Å². The van der Waals surface area contributed by atoms with Crippen molar-refractivity contribution >= 4 is 29.5 Å². The number of carbonyl (C=O) groups is 1. The number of hydrogen-bond donors (Lipinski definition) is 3. The molecule has 0 saturated heterocycles. The third-order valence-corrected chi connectivity index (χ3v) is 5.52. The van der Waals surface area contributed by atoms with E-state index in [2.05, 4.69) is 9.97 Å².